The quantitative estimate of drug-likeness (QED) is 0.0700. The molecule has 8 heteroatoms. The first kappa shape index (κ1) is 37.4. The maximum atomic E-state index is 13.0. The summed E-state index contributed by atoms with van der Waals surface area (Å²) in [5.41, 5.74) is 1.64. The number of hydrogen-bond acceptors (Lipinski definition) is 7. The number of hydrogen-bond donors (Lipinski definition) is 1. The fourth-order valence-electron chi connectivity index (χ4n) is 6.91. The maximum Gasteiger partial charge on any atom is 0.427 e. The molecule has 0 amide bonds. The molecule has 0 radical (unpaired) electrons. The van der Waals surface area contributed by atoms with E-state index in [2.05, 4.69) is 61.5 Å². The van der Waals surface area contributed by atoms with Crippen LogP contribution in [0.3, 0.4) is 0 Å². The number of piperidine rings is 1. The van der Waals surface area contributed by atoms with Gasteiger partial charge in [0.2, 0.25) is 0 Å². The predicted molar refractivity (Wildman–Crippen MR) is 193 cm³/mol. The Morgan fingerprint density at radius 2 is 1.40 bits per heavy atom. The minimum Gasteiger partial charge on any atom is -0.462 e. The Bertz CT molecular complexity index is 1490. The largest absolute Gasteiger partial charge is 0.462 e. The molecule has 0 aliphatic carbocycles. The summed E-state index contributed by atoms with van der Waals surface area (Å²) in [6, 6.07) is 27.6. The molecule has 7 nitrogen and oxygen atoms in total. The Labute approximate surface area is 287 Å². The van der Waals surface area contributed by atoms with E-state index in [1.54, 1.807) is 12.1 Å². The number of carbonyl (C=O) groups is 1. The number of rotatable bonds is 16. The Hall–Kier alpha value is -3.38. The van der Waals surface area contributed by atoms with Crippen molar-refractivity contribution in [2.24, 2.45) is 0 Å². The van der Waals surface area contributed by atoms with Gasteiger partial charge in [-0.05, 0) is 107 Å². The fraction of sp³-hybridized carbons (Fsp3) is 0.475. The number of unbranched alkanes of at least 4 members (excludes halogenated alkanes) is 1. The summed E-state index contributed by atoms with van der Waals surface area (Å²) in [6.45, 7) is 11.6. The predicted octanol–water partition coefficient (Wildman–Crippen LogP) is 10.7. The zero-order chi connectivity index (χ0) is 34.8. The van der Waals surface area contributed by atoms with E-state index in [1.165, 1.54) is 22.9 Å². The molecule has 1 N–H and O–H groups in total. The minimum atomic E-state index is -3.33. The lowest BCUT2D eigenvalue weighted by molar-refractivity contribution is -0.259. The number of para-hydroxylation sites is 1. The van der Waals surface area contributed by atoms with Crippen LogP contribution < -0.4 is 9.05 Å². The zero-order valence-corrected chi connectivity index (χ0v) is 30.4. The van der Waals surface area contributed by atoms with Crippen molar-refractivity contribution in [3.8, 4) is 11.5 Å². The standard InChI is InChI=1S/C40H54NO6P/c1-7-31(33-24-26-36(27-25-33)47-48(6,44)46-35-21-15-11-16-22-35)28-34(32-18-13-10-14-19-32)20-12-8-9-17-23-38(42)45-37-29-39(2,3)41(43)40(4,5)30-37/h8,10-16,18-19,21-22,24-27,31,34,37,43H,7,9,17,20,23,28-30H2,1-6H3/b12-8+. The average Bonchev–Trinajstić information content (AvgIpc) is 3.03. The molecular formula is C40H54NO6P. The van der Waals surface area contributed by atoms with Crippen molar-refractivity contribution in [3.05, 3.63) is 108 Å². The molecule has 3 unspecified atom stereocenters. The van der Waals surface area contributed by atoms with Crippen LogP contribution in [0.15, 0.2) is 97.1 Å². The smallest absolute Gasteiger partial charge is 0.427 e. The molecule has 260 valence electrons. The number of benzene rings is 3. The van der Waals surface area contributed by atoms with Gasteiger partial charge in [-0.1, -0.05) is 79.7 Å². The van der Waals surface area contributed by atoms with E-state index in [4.69, 9.17) is 13.8 Å². The highest BCUT2D eigenvalue weighted by Crippen LogP contribution is 2.45. The molecule has 1 aliphatic rings. The summed E-state index contributed by atoms with van der Waals surface area (Å²) in [5, 5.41) is 11.9. The summed E-state index contributed by atoms with van der Waals surface area (Å²) in [6.07, 6.45) is 10.3. The summed E-state index contributed by atoms with van der Waals surface area (Å²) in [7, 11) is -3.33. The lowest BCUT2D eigenvalue weighted by Gasteiger charge is -2.50. The van der Waals surface area contributed by atoms with Crippen molar-refractivity contribution in [2.45, 2.75) is 115 Å². The molecule has 3 aromatic carbocycles. The first-order valence-electron chi connectivity index (χ1n) is 17.3. The molecule has 0 bridgehead atoms. The second-order valence-corrected chi connectivity index (χ2v) is 16.2. The molecule has 1 saturated heterocycles. The zero-order valence-electron chi connectivity index (χ0n) is 29.5. The van der Waals surface area contributed by atoms with Crippen LogP contribution in [-0.2, 0) is 14.1 Å². The van der Waals surface area contributed by atoms with Gasteiger partial charge in [0.1, 0.15) is 17.6 Å². The van der Waals surface area contributed by atoms with E-state index < -0.39 is 18.7 Å². The Kier molecular flexibility index (Phi) is 13.1. The number of hydroxylamine groups is 2. The molecule has 1 aliphatic heterocycles. The molecule has 1 heterocycles. The molecule has 0 saturated carbocycles. The number of allylic oxidation sites excluding steroid dienone is 2. The summed E-state index contributed by atoms with van der Waals surface area (Å²) >= 11 is 0. The summed E-state index contributed by atoms with van der Waals surface area (Å²) in [4.78, 5) is 12.6. The van der Waals surface area contributed by atoms with E-state index in [1.807, 2.05) is 58.0 Å². The second kappa shape index (κ2) is 16.8. The van der Waals surface area contributed by atoms with Crippen LogP contribution in [0.1, 0.15) is 109 Å². The van der Waals surface area contributed by atoms with Crippen molar-refractivity contribution in [3.63, 3.8) is 0 Å². The van der Waals surface area contributed by atoms with Crippen LogP contribution in [0.25, 0.3) is 0 Å². The second-order valence-electron chi connectivity index (χ2n) is 14.3. The number of carbonyl (C=O) groups excluding carboxylic acids is 1. The van der Waals surface area contributed by atoms with Crippen LogP contribution in [0, 0.1) is 0 Å². The average molecular weight is 676 g/mol. The number of esters is 1. The molecule has 1 fully saturated rings. The SMILES string of the molecule is CCC(CC(C/C=C/CCCC(=O)OC1CC(C)(C)N(O)C(C)(C)C1)c1ccccc1)c1ccc(OP(C)(=O)Oc2ccccc2)cc1. The highest BCUT2D eigenvalue weighted by atomic mass is 31.2. The van der Waals surface area contributed by atoms with Gasteiger partial charge in [0, 0.05) is 30.3 Å². The third-order valence-corrected chi connectivity index (χ3v) is 10.3. The topological polar surface area (TPSA) is 85.3 Å². The normalized spacial score (nSPS) is 18.9. The van der Waals surface area contributed by atoms with Gasteiger partial charge in [0.05, 0.1) is 6.66 Å². The minimum absolute atomic E-state index is 0.166. The third-order valence-electron chi connectivity index (χ3n) is 9.21. The van der Waals surface area contributed by atoms with E-state index in [9.17, 15) is 14.6 Å². The summed E-state index contributed by atoms with van der Waals surface area (Å²) < 4.78 is 30.2. The number of nitrogens with zero attached hydrogens (tertiary/aromatic N) is 1. The molecule has 3 atom stereocenters. The van der Waals surface area contributed by atoms with Gasteiger partial charge >= 0.3 is 13.6 Å². The lowest BCUT2D eigenvalue weighted by Crippen LogP contribution is -2.60. The van der Waals surface area contributed by atoms with Crippen LogP contribution >= 0.6 is 7.60 Å². The molecule has 0 spiro atoms. The third kappa shape index (κ3) is 11.1. The van der Waals surface area contributed by atoms with E-state index in [0.717, 1.165) is 32.1 Å². The van der Waals surface area contributed by atoms with Crippen LogP contribution in [0.5, 0.6) is 11.5 Å². The van der Waals surface area contributed by atoms with Crippen molar-refractivity contribution >= 4 is 13.6 Å². The van der Waals surface area contributed by atoms with Crippen molar-refractivity contribution in [1.29, 1.82) is 0 Å². The van der Waals surface area contributed by atoms with Gasteiger partial charge in [-0.3, -0.25) is 4.79 Å². The van der Waals surface area contributed by atoms with Crippen molar-refractivity contribution < 1.29 is 28.4 Å². The Morgan fingerprint density at radius 3 is 1.98 bits per heavy atom. The molecular weight excluding hydrogens is 621 g/mol. The van der Waals surface area contributed by atoms with Crippen LogP contribution in [0.2, 0.25) is 0 Å². The van der Waals surface area contributed by atoms with Gasteiger partial charge < -0.3 is 19.0 Å². The fourth-order valence-corrected chi connectivity index (χ4v) is 7.96. The van der Waals surface area contributed by atoms with Gasteiger partial charge in [-0.15, -0.1) is 0 Å². The van der Waals surface area contributed by atoms with Gasteiger partial charge in [-0.25, -0.2) is 4.57 Å². The van der Waals surface area contributed by atoms with Gasteiger partial charge in [0.25, 0.3) is 0 Å². The van der Waals surface area contributed by atoms with E-state index >= 15 is 0 Å². The lowest BCUT2D eigenvalue weighted by atomic mass is 9.80. The summed E-state index contributed by atoms with van der Waals surface area (Å²) in [5.74, 6) is 1.55. The van der Waals surface area contributed by atoms with E-state index in [-0.39, 0.29) is 12.1 Å². The highest BCUT2D eigenvalue weighted by Gasteiger charge is 2.46. The molecule has 3 aromatic rings. The van der Waals surface area contributed by atoms with Gasteiger partial charge in [-0.2, -0.15) is 5.06 Å². The van der Waals surface area contributed by atoms with Gasteiger partial charge in [0.15, 0.2) is 0 Å². The molecule has 0 aromatic heterocycles. The number of ether oxygens (including phenoxy) is 1. The first-order chi connectivity index (χ1) is 22.8. The van der Waals surface area contributed by atoms with Crippen molar-refractivity contribution in [1.82, 2.24) is 5.06 Å². The first-order valence-corrected chi connectivity index (χ1v) is 19.3. The van der Waals surface area contributed by atoms with E-state index in [0.29, 0.717) is 42.6 Å². The van der Waals surface area contributed by atoms with Crippen LogP contribution in [0.4, 0.5) is 0 Å². The molecule has 4 rings (SSSR count). The monoisotopic (exact) mass is 675 g/mol. The molecule has 48 heavy (non-hydrogen) atoms. The Morgan fingerprint density at radius 1 is 0.854 bits per heavy atom. The highest BCUT2D eigenvalue weighted by molar-refractivity contribution is 7.53. The van der Waals surface area contributed by atoms with Crippen molar-refractivity contribution in [2.75, 3.05) is 6.66 Å². The maximum absolute atomic E-state index is 13.0. The Balaban J connectivity index is 1.29. The van der Waals surface area contributed by atoms with Crippen LogP contribution in [-0.4, -0.2) is 40.1 Å².